The highest BCUT2D eigenvalue weighted by atomic mass is 16.3. The van der Waals surface area contributed by atoms with Crippen LogP contribution in [0.4, 0.5) is 0 Å². The van der Waals surface area contributed by atoms with Crippen LogP contribution in [-0.4, -0.2) is 47.8 Å². The Morgan fingerprint density at radius 2 is 1.77 bits per heavy atom. The molecule has 0 radical (unpaired) electrons. The SMILES string of the molecule is CN(CCCCO)C(=O)CCCO. The molecule has 0 spiro atoms. The van der Waals surface area contributed by atoms with Crippen molar-refractivity contribution in [1.82, 2.24) is 4.90 Å². The Kier molecular flexibility index (Phi) is 7.63. The average molecular weight is 189 g/mol. The maximum absolute atomic E-state index is 11.2. The molecule has 4 nitrogen and oxygen atoms in total. The molecule has 0 aliphatic heterocycles. The molecule has 0 aliphatic carbocycles. The van der Waals surface area contributed by atoms with Crippen LogP contribution >= 0.6 is 0 Å². The van der Waals surface area contributed by atoms with E-state index in [-0.39, 0.29) is 19.1 Å². The van der Waals surface area contributed by atoms with Crippen LogP contribution in [0.5, 0.6) is 0 Å². The minimum atomic E-state index is 0.0620. The minimum absolute atomic E-state index is 0.0620. The van der Waals surface area contributed by atoms with Crippen molar-refractivity contribution in [2.24, 2.45) is 0 Å². The summed E-state index contributed by atoms with van der Waals surface area (Å²) in [6.07, 6.45) is 2.50. The van der Waals surface area contributed by atoms with E-state index in [4.69, 9.17) is 10.2 Å². The van der Waals surface area contributed by atoms with Gasteiger partial charge in [-0.1, -0.05) is 0 Å². The van der Waals surface area contributed by atoms with Crippen molar-refractivity contribution in [1.29, 1.82) is 0 Å². The molecular formula is C9H19NO3. The van der Waals surface area contributed by atoms with E-state index in [1.165, 1.54) is 0 Å². The molecule has 0 bridgehead atoms. The molecule has 0 heterocycles. The van der Waals surface area contributed by atoms with E-state index in [0.717, 1.165) is 12.8 Å². The van der Waals surface area contributed by atoms with Gasteiger partial charge in [0.15, 0.2) is 0 Å². The van der Waals surface area contributed by atoms with Gasteiger partial charge in [0, 0.05) is 33.2 Å². The van der Waals surface area contributed by atoms with Gasteiger partial charge in [0.2, 0.25) is 5.91 Å². The third-order valence-electron chi connectivity index (χ3n) is 1.88. The van der Waals surface area contributed by atoms with Crippen molar-refractivity contribution in [3.8, 4) is 0 Å². The molecule has 0 saturated heterocycles. The summed E-state index contributed by atoms with van der Waals surface area (Å²) in [7, 11) is 1.75. The first-order chi connectivity index (χ1) is 6.22. The van der Waals surface area contributed by atoms with Gasteiger partial charge in [-0.05, 0) is 19.3 Å². The number of unbranched alkanes of at least 4 members (excludes halogenated alkanes) is 1. The molecule has 0 rings (SSSR count). The first kappa shape index (κ1) is 12.4. The zero-order valence-electron chi connectivity index (χ0n) is 8.20. The van der Waals surface area contributed by atoms with E-state index < -0.39 is 0 Å². The lowest BCUT2D eigenvalue weighted by Gasteiger charge is -2.16. The highest BCUT2D eigenvalue weighted by molar-refractivity contribution is 5.75. The number of carbonyl (C=O) groups is 1. The van der Waals surface area contributed by atoms with E-state index in [1.54, 1.807) is 11.9 Å². The lowest BCUT2D eigenvalue weighted by atomic mass is 10.2. The van der Waals surface area contributed by atoms with Crippen molar-refractivity contribution < 1.29 is 15.0 Å². The molecule has 78 valence electrons. The number of carbonyl (C=O) groups excluding carboxylic acids is 1. The molecule has 13 heavy (non-hydrogen) atoms. The maximum Gasteiger partial charge on any atom is 0.222 e. The third-order valence-corrected chi connectivity index (χ3v) is 1.88. The fourth-order valence-corrected chi connectivity index (χ4v) is 1.01. The molecule has 0 aromatic rings. The zero-order chi connectivity index (χ0) is 10.1. The van der Waals surface area contributed by atoms with Crippen LogP contribution in [0.2, 0.25) is 0 Å². The van der Waals surface area contributed by atoms with Crippen molar-refractivity contribution >= 4 is 5.91 Å². The third kappa shape index (κ3) is 6.54. The van der Waals surface area contributed by atoms with Crippen LogP contribution in [0, 0.1) is 0 Å². The number of nitrogens with zero attached hydrogens (tertiary/aromatic N) is 1. The number of hydrogen-bond donors (Lipinski definition) is 2. The summed E-state index contributed by atoms with van der Waals surface area (Å²) in [6, 6.07) is 0. The molecule has 0 unspecified atom stereocenters. The van der Waals surface area contributed by atoms with Crippen molar-refractivity contribution in [2.75, 3.05) is 26.8 Å². The Hall–Kier alpha value is -0.610. The van der Waals surface area contributed by atoms with Crippen LogP contribution < -0.4 is 0 Å². The Labute approximate surface area is 79.2 Å². The lowest BCUT2D eigenvalue weighted by Crippen LogP contribution is -2.27. The number of amides is 1. The van der Waals surface area contributed by atoms with Gasteiger partial charge in [0.1, 0.15) is 0 Å². The lowest BCUT2D eigenvalue weighted by molar-refractivity contribution is -0.130. The Balaban J connectivity index is 3.45. The van der Waals surface area contributed by atoms with Crippen molar-refractivity contribution in [3.05, 3.63) is 0 Å². The monoisotopic (exact) mass is 189 g/mol. The van der Waals surface area contributed by atoms with Crippen LogP contribution in [-0.2, 0) is 4.79 Å². The minimum Gasteiger partial charge on any atom is -0.396 e. The normalized spacial score (nSPS) is 10.1. The molecule has 0 aliphatic rings. The smallest absolute Gasteiger partial charge is 0.222 e. The number of aliphatic hydroxyl groups excluding tert-OH is 2. The van der Waals surface area contributed by atoms with Gasteiger partial charge in [-0.2, -0.15) is 0 Å². The molecule has 0 aromatic carbocycles. The van der Waals surface area contributed by atoms with Crippen molar-refractivity contribution in [2.45, 2.75) is 25.7 Å². The Bertz CT molecular complexity index is 139. The summed E-state index contributed by atoms with van der Waals surface area (Å²) in [4.78, 5) is 12.9. The summed E-state index contributed by atoms with van der Waals surface area (Å²) in [6.45, 7) is 0.930. The molecule has 0 atom stereocenters. The predicted octanol–water partition coefficient (Wildman–Crippen LogP) is -0.0102. The standard InChI is InChI=1S/C9H19NO3/c1-10(6-2-3-7-11)9(13)5-4-8-12/h11-12H,2-8H2,1H3. The number of hydrogen-bond acceptors (Lipinski definition) is 3. The first-order valence-corrected chi connectivity index (χ1v) is 4.68. The van der Waals surface area contributed by atoms with E-state index in [9.17, 15) is 4.79 Å². The summed E-state index contributed by atoms with van der Waals surface area (Å²) in [5.74, 6) is 0.0620. The molecule has 4 heteroatoms. The average Bonchev–Trinajstić information content (AvgIpc) is 2.14. The second-order valence-electron chi connectivity index (χ2n) is 3.07. The fourth-order valence-electron chi connectivity index (χ4n) is 1.01. The second kappa shape index (κ2) is 8.01. The van der Waals surface area contributed by atoms with E-state index >= 15 is 0 Å². The van der Waals surface area contributed by atoms with Crippen LogP contribution in [0.25, 0.3) is 0 Å². The summed E-state index contributed by atoms with van der Waals surface area (Å²) in [5, 5.41) is 17.0. The zero-order valence-corrected chi connectivity index (χ0v) is 8.20. The van der Waals surface area contributed by atoms with E-state index in [0.29, 0.717) is 19.4 Å². The fraction of sp³-hybridized carbons (Fsp3) is 0.889. The maximum atomic E-state index is 11.2. The van der Waals surface area contributed by atoms with Crippen LogP contribution in [0.1, 0.15) is 25.7 Å². The van der Waals surface area contributed by atoms with Crippen molar-refractivity contribution in [3.63, 3.8) is 0 Å². The first-order valence-electron chi connectivity index (χ1n) is 4.68. The highest BCUT2D eigenvalue weighted by Crippen LogP contribution is 1.97. The Morgan fingerprint density at radius 1 is 1.15 bits per heavy atom. The second-order valence-corrected chi connectivity index (χ2v) is 3.07. The number of aliphatic hydroxyl groups is 2. The largest absolute Gasteiger partial charge is 0.396 e. The number of rotatable bonds is 7. The van der Waals surface area contributed by atoms with Gasteiger partial charge in [-0.15, -0.1) is 0 Å². The molecule has 0 aromatic heterocycles. The Morgan fingerprint density at radius 3 is 2.31 bits per heavy atom. The van der Waals surface area contributed by atoms with Gasteiger partial charge in [-0.25, -0.2) is 0 Å². The van der Waals surface area contributed by atoms with E-state index in [1.807, 2.05) is 0 Å². The quantitative estimate of drug-likeness (QED) is 0.554. The summed E-state index contributed by atoms with van der Waals surface area (Å²) >= 11 is 0. The summed E-state index contributed by atoms with van der Waals surface area (Å²) in [5.41, 5.74) is 0. The van der Waals surface area contributed by atoms with E-state index in [2.05, 4.69) is 0 Å². The van der Waals surface area contributed by atoms with Crippen LogP contribution in [0.15, 0.2) is 0 Å². The molecule has 1 amide bonds. The predicted molar refractivity (Wildman–Crippen MR) is 50.3 cm³/mol. The van der Waals surface area contributed by atoms with Crippen LogP contribution in [0.3, 0.4) is 0 Å². The molecule has 0 fully saturated rings. The summed E-state index contributed by atoms with van der Waals surface area (Å²) < 4.78 is 0. The van der Waals surface area contributed by atoms with Gasteiger partial charge in [0.05, 0.1) is 0 Å². The molecular weight excluding hydrogens is 170 g/mol. The topological polar surface area (TPSA) is 60.8 Å². The molecule has 2 N–H and O–H groups in total. The highest BCUT2D eigenvalue weighted by Gasteiger charge is 2.06. The van der Waals surface area contributed by atoms with Gasteiger partial charge in [-0.3, -0.25) is 4.79 Å². The van der Waals surface area contributed by atoms with Gasteiger partial charge < -0.3 is 15.1 Å². The molecule has 0 saturated carbocycles. The van der Waals surface area contributed by atoms with Gasteiger partial charge in [0.25, 0.3) is 0 Å². The van der Waals surface area contributed by atoms with Gasteiger partial charge >= 0.3 is 0 Å².